The molecule has 0 aliphatic rings. The molecule has 0 aliphatic carbocycles. The van der Waals surface area contributed by atoms with Gasteiger partial charge in [0, 0.05) is 23.8 Å². The second kappa shape index (κ2) is 6.94. The molecule has 0 heterocycles. The molecule has 0 saturated carbocycles. The van der Waals surface area contributed by atoms with Crippen molar-refractivity contribution in [2.75, 3.05) is 19.5 Å². The fourth-order valence-electron chi connectivity index (χ4n) is 1.59. The first-order chi connectivity index (χ1) is 7.63. The molecule has 1 aromatic carbocycles. The van der Waals surface area contributed by atoms with Crippen LogP contribution in [-0.4, -0.2) is 25.5 Å². The van der Waals surface area contributed by atoms with Crippen LogP contribution in [0.25, 0.3) is 0 Å². The van der Waals surface area contributed by atoms with Gasteiger partial charge >= 0.3 is 0 Å². The van der Waals surface area contributed by atoms with Gasteiger partial charge in [-0.1, -0.05) is 17.7 Å². The first kappa shape index (κ1) is 13.6. The molecule has 3 heteroatoms. The first-order valence-electron chi connectivity index (χ1n) is 5.60. The van der Waals surface area contributed by atoms with Gasteiger partial charge in [-0.3, -0.25) is 0 Å². The molecule has 1 aromatic rings. The van der Waals surface area contributed by atoms with Gasteiger partial charge in [-0.05, 0) is 31.9 Å². The Morgan fingerprint density at radius 1 is 1.44 bits per heavy atom. The van der Waals surface area contributed by atoms with Crippen LogP contribution in [0.1, 0.15) is 18.1 Å². The third kappa shape index (κ3) is 4.56. The highest BCUT2D eigenvalue weighted by atomic mass is 32.2. The highest BCUT2D eigenvalue weighted by molar-refractivity contribution is 7.99. The minimum atomic E-state index is 0.212. The summed E-state index contributed by atoms with van der Waals surface area (Å²) in [6.45, 7) is 4.95. The van der Waals surface area contributed by atoms with E-state index < -0.39 is 0 Å². The lowest BCUT2D eigenvalue weighted by molar-refractivity contribution is 0.218. The van der Waals surface area contributed by atoms with Crippen LogP contribution >= 0.6 is 11.8 Å². The minimum Gasteiger partial charge on any atom is -0.384 e. The molecule has 1 atom stereocenters. The summed E-state index contributed by atoms with van der Waals surface area (Å²) in [6.07, 6.45) is 0.941. The highest BCUT2D eigenvalue weighted by Crippen LogP contribution is 2.24. The molecule has 0 aromatic heterocycles. The number of aryl methyl sites for hydroxylation is 1. The van der Waals surface area contributed by atoms with Gasteiger partial charge in [0.15, 0.2) is 0 Å². The second-order valence-corrected chi connectivity index (χ2v) is 5.27. The molecule has 90 valence electrons. The van der Waals surface area contributed by atoms with E-state index in [0.29, 0.717) is 0 Å². The molecule has 0 bridgehead atoms. The molecule has 1 unspecified atom stereocenters. The van der Waals surface area contributed by atoms with Gasteiger partial charge in [0.1, 0.15) is 0 Å². The van der Waals surface area contributed by atoms with Crippen molar-refractivity contribution in [2.45, 2.75) is 31.2 Å². The predicted molar refractivity (Wildman–Crippen MR) is 71.1 cm³/mol. The third-order valence-corrected chi connectivity index (χ3v) is 3.38. The Hall–Kier alpha value is -0.510. The Morgan fingerprint density at radius 3 is 2.81 bits per heavy atom. The van der Waals surface area contributed by atoms with E-state index in [4.69, 9.17) is 10.5 Å². The van der Waals surface area contributed by atoms with E-state index in [1.807, 2.05) is 18.7 Å². The average molecular weight is 239 g/mol. The van der Waals surface area contributed by atoms with Crippen LogP contribution in [0.3, 0.4) is 0 Å². The molecule has 0 fully saturated rings. The molecule has 0 saturated heterocycles. The zero-order valence-electron chi connectivity index (χ0n) is 10.3. The summed E-state index contributed by atoms with van der Waals surface area (Å²) in [5.41, 5.74) is 8.52. The minimum absolute atomic E-state index is 0.212. The number of rotatable bonds is 6. The number of benzene rings is 1. The zero-order valence-corrected chi connectivity index (χ0v) is 11.1. The molecule has 2 nitrogen and oxygen atoms in total. The van der Waals surface area contributed by atoms with Gasteiger partial charge in [0.25, 0.3) is 0 Å². The molecule has 0 radical (unpaired) electrons. The third-order valence-electron chi connectivity index (χ3n) is 2.30. The Labute approximate surface area is 103 Å². The second-order valence-electron chi connectivity index (χ2n) is 4.13. The average Bonchev–Trinajstić information content (AvgIpc) is 2.20. The maximum absolute atomic E-state index is 5.86. The lowest BCUT2D eigenvalue weighted by Crippen LogP contribution is -2.18. The van der Waals surface area contributed by atoms with Crippen LogP contribution in [0, 0.1) is 6.92 Å². The van der Waals surface area contributed by atoms with Crippen LogP contribution in [0.5, 0.6) is 0 Å². The Balaban J connectivity index is 2.72. The van der Waals surface area contributed by atoms with Gasteiger partial charge in [-0.15, -0.1) is 11.8 Å². The van der Waals surface area contributed by atoms with Crippen molar-refractivity contribution in [1.82, 2.24) is 0 Å². The van der Waals surface area contributed by atoms with Gasteiger partial charge in [0.2, 0.25) is 0 Å². The fraction of sp³-hybridized carbons (Fsp3) is 0.538. The van der Waals surface area contributed by atoms with E-state index in [1.54, 1.807) is 7.11 Å². The lowest BCUT2D eigenvalue weighted by Gasteiger charge is -2.12. The van der Waals surface area contributed by atoms with Gasteiger partial charge < -0.3 is 10.5 Å². The van der Waals surface area contributed by atoms with Gasteiger partial charge in [-0.25, -0.2) is 0 Å². The van der Waals surface area contributed by atoms with Crippen molar-refractivity contribution >= 4 is 11.8 Å². The number of methoxy groups -OCH3 is 1. The van der Waals surface area contributed by atoms with Crippen molar-refractivity contribution < 1.29 is 4.74 Å². The molecule has 16 heavy (non-hydrogen) atoms. The van der Waals surface area contributed by atoms with E-state index in [2.05, 4.69) is 25.1 Å². The zero-order chi connectivity index (χ0) is 12.0. The molecule has 0 spiro atoms. The summed E-state index contributed by atoms with van der Waals surface area (Å²) in [5, 5.41) is 0. The number of hydrogen-bond acceptors (Lipinski definition) is 3. The van der Waals surface area contributed by atoms with Crippen LogP contribution < -0.4 is 5.73 Å². The van der Waals surface area contributed by atoms with E-state index in [1.165, 1.54) is 16.0 Å². The van der Waals surface area contributed by atoms with E-state index in [-0.39, 0.29) is 6.04 Å². The van der Waals surface area contributed by atoms with E-state index >= 15 is 0 Å². The van der Waals surface area contributed by atoms with Crippen LogP contribution in [-0.2, 0) is 11.2 Å². The normalized spacial score (nSPS) is 12.8. The molecule has 2 N–H and O–H groups in total. The fourth-order valence-corrected chi connectivity index (χ4v) is 2.55. The topological polar surface area (TPSA) is 35.2 Å². The SMILES string of the molecule is COCCSc1ccc(C)cc1CC(C)N. The summed E-state index contributed by atoms with van der Waals surface area (Å²) >= 11 is 1.84. The number of ether oxygens (including phenoxy) is 1. The van der Waals surface area contributed by atoms with Crippen molar-refractivity contribution in [3.05, 3.63) is 29.3 Å². The molecular formula is C13H21NOS. The smallest absolute Gasteiger partial charge is 0.0556 e. The molecule has 0 aliphatic heterocycles. The van der Waals surface area contributed by atoms with Gasteiger partial charge in [0.05, 0.1) is 6.61 Å². The van der Waals surface area contributed by atoms with E-state index in [0.717, 1.165) is 18.8 Å². The van der Waals surface area contributed by atoms with Crippen LogP contribution in [0.15, 0.2) is 23.1 Å². The maximum atomic E-state index is 5.86. The molecule has 0 amide bonds. The number of thioether (sulfide) groups is 1. The van der Waals surface area contributed by atoms with Crippen molar-refractivity contribution in [2.24, 2.45) is 5.73 Å². The molecule has 1 rings (SSSR count). The largest absolute Gasteiger partial charge is 0.384 e. The van der Waals surface area contributed by atoms with Crippen molar-refractivity contribution in [3.8, 4) is 0 Å². The van der Waals surface area contributed by atoms with Crippen molar-refractivity contribution in [1.29, 1.82) is 0 Å². The van der Waals surface area contributed by atoms with Crippen LogP contribution in [0.2, 0.25) is 0 Å². The summed E-state index contributed by atoms with van der Waals surface area (Å²) < 4.78 is 5.06. The number of hydrogen-bond donors (Lipinski definition) is 1. The summed E-state index contributed by atoms with van der Waals surface area (Å²) in [5.74, 6) is 0.992. The standard InChI is InChI=1S/C13H21NOS/c1-10-4-5-13(16-7-6-15-3)12(8-10)9-11(2)14/h4-5,8,11H,6-7,9,14H2,1-3H3. The number of nitrogens with two attached hydrogens (primary N) is 1. The predicted octanol–water partition coefficient (Wildman–Crippen LogP) is 2.62. The van der Waals surface area contributed by atoms with Crippen LogP contribution in [0.4, 0.5) is 0 Å². The summed E-state index contributed by atoms with van der Waals surface area (Å²) in [4.78, 5) is 1.33. The monoisotopic (exact) mass is 239 g/mol. The van der Waals surface area contributed by atoms with Gasteiger partial charge in [-0.2, -0.15) is 0 Å². The Kier molecular flexibility index (Phi) is 5.88. The highest BCUT2D eigenvalue weighted by Gasteiger charge is 2.05. The van der Waals surface area contributed by atoms with E-state index in [9.17, 15) is 0 Å². The maximum Gasteiger partial charge on any atom is 0.0556 e. The quantitative estimate of drug-likeness (QED) is 0.612. The Bertz CT molecular complexity index is 326. The lowest BCUT2D eigenvalue weighted by atomic mass is 10.1. The van der Waals surface area contributed by atoms with Crippen molar-refractivity contribution in [3.63, 3.8) is 0 Å². The summed E-state index contributed by atoms with van der Waals surface area (Å²) in [7, 11) is 1.73. The Morgan fingerprint density at radius 2 is 2.19 bits per heavy atom. The summed E-state index contributed by atoms with van der Waals surface area (Å²) in [6, 6.07) is 6.79. The first-order valence-corrected chi connectivity index (χ1v) is 6.59. The molecular weight excluding hydrogens is 218 g/mol.